The van der Waals surface area contributed by atoms with Gasteiger partial charge in [-0.05, 0) is 42.2 Å². The summed E-state index contributed by atoms with van der Waals surface area (Å²) in [5, 5.41) is 0. The third kappa shape index (κ3) is 3.71. The zero-order valence-electron chi connectivity index (χ0n) is 15.9. The highest BCUT2D eigenvalue weighted by atomic mass is 16.5. The maximum atomic E-state index is 12.5. The fraction of sp³-hybridized carbons (Fsp3) is 0.273. The summed E-state index contributed by atoms with van der Waals surface area (Å²) in [6.45, 7) is 3.00. The zero-order valence-corrected chi connectivity index (χ0v) is 15.9. The summed E-state index contributed by atoms with van der Waals surface area (Å²) < 4.78 is 5.05. The molecule has 144 valence electrons. The third-order valence-electron chi connectivity index (χ3n) is 4.79. The van der Waals surface area contributed by atoms with Crippen LogP contribution in [0.1, 0.15) is 56.0 Å². The first-order valence-corrected chi connectivity index (χ1v) is 9.22. The standard InChI is InChI=1S/C22H21NO5/c1-3-14-9-10-15(4-2)18(11-14)19(24)13-28-20(25)12-23-21(26)16-7-5-6-8-17(16)22(23)27/h5-11H,3-4,12-13H2,1-2H3. The maximum absolute atomic E-state index is 12.5. The molecule has 1 heterocycles. The molecule has 0 radical (unpaired) electrons. The van der Waals surface area contributed by atoms with Crippen molar-refractivity contribution in [3.8, 4) is 0 Å². The molecule has 2 amide bonds. The van der Waals surface area contributed by atoms with Gasteiger partial charge in [-0.3, -0.25) is 24.1 Å². The van der Waals surface area contributed by atoms with Crippen LogP contribution in [0.2, 0.25) is 0 Å². The monoisotopic (exact) mass is 379 g/mol. The molecular formula is C22H21NO5. The van der Waals surface area contributed by atoms with Gasteiger partial charge in [0.25, 0.3) is 11.8 Å². The van der Waals surface area contributed by atoms with Crippen molar-refractivity contribution in [2.24, 2.45) is 0 Å². The molecule has 0 atom stereocenters. The minimum atomic E-state index is -0.799. The van der Waals surface area contributed by atoms with Crippen LogP contribution in [0, 0.1) is 0 Å². The highest BCUT2D eigenvalue weighted by molar-refractivity contribution is 6.22. The number of esters is 1. The molecule has 1 aliphatic rings. The SMILES string of the molecule is CCc1ccc(CC)c(C(=O)COC(=O)CN2C(=O)c3ccccc3C2=O)c1. The van der Waals surface area contributed by atoms with Gasteiger partial charge in [-0.1, -0.05) is 38.1 Å². The number of ether oxygens (including phenoxy) is 1. The lowest BCUT2D eigenvalue weighted by atomic mass is 9.98. The summed E-state index contributed by atoms with van der Waals surface area (Å²) in [6.07, 6.45) is 1.48. The van der Waals surface area contributed by atoms with Gasteiger partial charge < -0.3 is 4.74 Å². The van der Waals surface area contributed by atoms with Crippen LogP contribution in [0.4, 0.5) is 0 Å². The Morgan fingerprint density at radius 2 is 1.57 bits per heavy atom. The number of hydrogen-bond acceptors (Lipinski definition) is 5. The zero-order chi connectivity index (χ0) is 20.3. The minimum absolute atomic E-state index is 0.264. The number of fused-ring (bicyclic) bond motifs is 1. The number of aryl methyl sites for hydroxylation is 2. The van der Waals surface area contributed by atoms with Crippen LogP contribution in [-0.4, -0.2) is 41.6 Å². The highest BCUT2D eigenvalue weighted by Crippen LogP contribution is 2.22. The first-order chi connectivity index (χ1) is 13.5. The van der Waals surface area contributed by atoms with Gasteiger partial charge in [-0.15, -0.1) is 0 Å². The van der Waals surface area contributed by atoms with E-state index in [0.29, 0.717) is 12.0 Å². The van der Waals surface area contributed by atoms with Crippen LogP contribution in [0.3, 0.4) is 0 Å². The first-order valence-electron chi connectivity index (χ1n) is 9.22. The van der Waals surface area contributed by atoms with Crippen molar-refractivity contribution >= 4 is 23.6 Å². The second-order valence-corrected chi connectivity index (χ2v) is 6.52. The average molecular weight is 379 g/mol. The molecule has 3 rings (SSSR count). The quantitative estimate of drug-likeness (QED) is 0.420. The number of Topliss-reactive ketones (excluding diaryl/α,β-unsaturated/α-hetero) is 1. The number of carbonyl (C=O) groups excluding carboxylic acids is 4. The number of ketones is 1. The van der Waals surface area contributed by atoms with E-state index in [4.69, 9.17) is 4.74 Å². The fourth-order valence-corrected chi connectivity index (χ4v) is 3.19. The van der Waals surface area contributed by atoms with Crippen LogP contribution in [-0.2, 0) is 22.4 Å². The molecule has 0 bridgehead atoms. The topological polar surface area (TPSA) is 80.8 Å². The number of hydrogen-bond donors (Lipinski definition) is 0. The van der Waals surface area contributed by atoms with Crippen molar-refractivity contribution in [2.45, 2.75) is 26.7 Å². The smallest absolute Gasteiger partial charge is 0.326 e. The van der Waals surface area contributed by atoms with E-state index in [1.165, 1.54) is 12.1 Å². The van der Waals surface area contributed by atoms with Gasteiger partial charge in [-0.25, -0.2) is 0 Å². The summed E-state index contributed by atoms with van der Waals surface area (Å²) in [5.41, 5.74) is 2.98. The van der Waals surface area contributed by atoms with E-state index in [-0.39, 0.29) is 16.9 Å². The molecule has 0 saturated heterocycles. The Hall–Kier alpha value is -3.28. The molecule has 0 N–H and O–H groups in total. The van der Waals surface area contributed by atoms with Crippen molar-refractivity contribution in [1.29, 1.82) is 0 Å². The molecule has 0 aromatic heterocycles. The Balaban J connectivity index is 1.63. The molecule has 0 fully saturated rings. The highest BCUT2D eigenvalue weighted by Gasteiger charge is 2.36. The van der Waals surface area contributed by atoms with Gasteiger partial charge in [0.1, 0.15) is 6.54 Å². The lowest BCUT2D eigenvalue weighted by Gasteiger charge is -2.13. The van der Waals surface area contributed by atoms with Gasteiger partial charge in [0, 0.05) is 5.56 Å². The Kier molecular flexibility index (Phi) is 5.68. The van der Waals surface area contributed by atoms with E-state index in [1.807, 2.05) is 32.0 Å². The van der Waals surface area contributed by atoms with Crippen LogP contribution < -0.4 is 0 Å². The second kappa shape index (κ2) is 8.17. The van der Waals surface area contributed by atoms with Gasteiger partial charge in [0.15, 0.2) is 6.61 Å². The predicted molar refractivity (Wildman–Crippen MR) is 102 cm³/mol. The van der Waals surface area contributed by atoms with Crippen LogP contribution in [0.15, 0.2) is 42.5 Å². The average Bonchev–Trinajstić information content (AvgIpc) is 2.96. The Bertz CT molecular complexity index is 928. The molecule has 1 aliphatic heterocycles. The predicted octanol–water partition coefficient (Wildman–Crippen LogP) is 2.83. The maximum Gasteiger partial charge on any atom is 0.326 e. The summed E-state index contributed by atoms with van der Waals surface area (Å²) in [7, 11) is 0. The Labute approximate surface area is 163 Å². The second-order valence-electron chi connectivity index (χ2n) is 6.52. The molecule has 0 aliphatic carbocycles. The largest absolute Gasteiger partial charge is 0.456 e. The molecule has 0 spiro atoms. The molecule has 2 aromatic rings. The van der Waals surface area contributed by atoms with Gasteiger partial charge in [-0.2, -0.15) is 0 Å². The van der Waals surface area contributed by atoms with Crippen LogP contribution in [0.5, 0.6) is 0 Å². The van der Waals surface area contributed by atoms with Crippen molar-refractivity contribution < 1.29 is 23.9 Å². The molecule has 0 unspecified atom stereocenters. The summed E-state index contributed by atoms with van der Waals surface area (Å²) >= 11 is 0. The van der Waals surface area contributed by atoms with Crippen molar-refractivity contribution in [3.05, 3.63) is 70.3 Å². The number of carbonyl (C=O) groups is 4. The Morgan fingerprint density at radius 1 is 0.929 bits per heavy atom. The van der Waals surface area contributed by atoms with E-state index in [0.717, 1.165) is 22.4 Å². The number of nitrogens with zero attached hydrogens (tertiary/aromatic N) is 1. The fourth-order valence-electron chi connectivity index (χ4n) is 3.19. The van der Waals surface area contributed by atoms with Gasteiger partial charge in [0.2, 0.25) is 5.78 Å². The van der Waals surface area contributed by atoms with E-state index >= 15 is 0 Å². The van der Waals surface area contributed by atoms with E-state index in [2.05, 4.69) is 0 Å². The lowest BCUT2D eigenvalue weighted by molar-refractivity contribution is -0.142. The van der Waals surface area contributed by atoms with Crippen LogP contribution in [0.25, 0.3) is 0 Å². The number of imide groups is 1. The van der Waals surface area contributed by atoms with E-state index in [1.54, 1.807) is 12.1 Å². The normalized spacial score (nSPS) is 12.9. The number of benzene rings is 2. The third-order valence-corrected chi connectivity index (χ3v) is 4.79. The summed E-state index contributed by atoms with van der Waals surface area (Å²) in [6, 6.07) is 12.1. The molecule has 2 aromatic carbocycles. The van der Waals surface area contributed by atoms with Crippen molar-refractivity contribution in [2.75, 3.05) is 13.2 Å². The van der Waals surface area contributed by atoms with Gasteiger partial charge in [0.05, 0.1) is 11.1 Å². The van der Waals surface area contributed by atoms with Crippen LogP contribution >= 0.6 is 0 Å². The summed E-state index contributed by atoms with van der Waals surface area (Å²) in [5.74, 6) is -2.17. The van der Waals surface area contributed by atoms with E-state index < -0.39 is 30.9 Å². The molecule has 0 saturated carbocycles. The Morgan fingerprint density at radius 3 is 2.14 bits per heavy atom. The van der Waals surface area contributed by atoms with Crippen molar-refractivity contribution in [1.82, 2.24) is 4.90 Å². The number of amides is 2. The molecule has 28 heavy (non-hydrogen) atoms. The van der Waals surface area contributed by atoms with Crippen molar-refractivity contribution in [3.63, 3.8) is 0 Å². The molecule has 6 heteroatoms. The first kappa shape index (κ1) is 19.5. The molecular weight excluding hydrogens is 358 g/mol. The lowest BCUT2D eigenvalue weighted by Crippen LogP contribution is -2.36. The van der Waals surface area contributed by atoms with Gasteiger partial charge >= 0.3 is 5.97 Å². The molecule has 6 nitrogen and oxygen atoms in total. The minimum Gasteiger partial charge on any atom is -0.456 e. The summed E-state index contributed by atoms with van der Waals surface area (Å²) in [4.78, 5) is 50.1. The number of rotatable bonds is 7. The van der Waals surface area contributed by atoms with E-state index in [9.17, 15) is 19.2 Å².